The van der Waals surface area contributed by atoms with E-state index in [0.29, 0.717) is 11.8 Å². The molecule has 28 heavy (non-hydrogen) atoms. The van der Waals surface area contributed by atoms with Gasteiger partial charge in [-0.05, 0) is 48.9 Å². The number of hydrogen-bond donors (Lipinski definition) is 1. The van der Waals surface area contributed by atoms with E-state index in [-0.39, 0.29) is 17.8 Å². The minimum Gasteiger partial charge on any atom is -0.464 e. The van der Waals surface area contributed by atoms with Gasteiger partial charge in [0.25, 0.3) is 0 Å². The maximum absolute atomic E-state index is 11.5. The first-order chi connectivity index (χ1) is 13.7. The largest absolute Gasteiger partial charge is 0.464 e. The summed E-state index contributed by atoms with van der Waals surface area (Å²) in [5, 5.41) is 11.8. The lowest BCUT2D eigenvalue weighted by atomic mass is 9.77. The highest BCUT2D eigenvalue weighted by atomic mass is 16.5. The first-order valence-electron chi connectivity index (χ1n) is 9.55. The Morgan fingerprint density at radius 3 is 2.57 bits per heavy atom. The molecule has 8 heteroatoms. The zero-order valence-electron chi connectivity index (χ0n) is 16.1. The summed E-state index contributed by atoms with van der Waals surface area (Å²) in [6.07, 6.45) is 3.96. The maximum atomic E-state index is 11.5. The number of nitrogens with zero attached hydrogens (tertiary/aromatic N) is 4. The van der Waals surface area contributed by atoms with Crippen LogP contribution in [0, 0.1) is 11.8 Å². The van der Waals surface area contributed by atoms with Gasteiger partial charge in [-0.15, -0.1) is 10.2 Å². The molecule has 2 aliphatic rings. The Labute approximate surface area is 164 Å². The molecule has 2 aromatic rings. The SMILES string of the molecule is COC(=O)c1ccc(N2C[C@H]3C[C@@H](Nc4ccccn4)[C@H](OC)C[C@H]3C2)nn1. The Morgan fingerprint density at radius 2 is 1.93 bits per heavy atom. The lowest BCUT2D eigenvalue weighted by Gasteiger charge is -2.37. The van der Waals surface area contributed by atoms with Crippen LogP contribution in [-0.4, -0.2) is 60.6 Å². The Morgan fingerprint density at radius 1 is 1.11 bits per heavy atom. The van der Waals surface area contributed by atoms with Crippen LogP contribution >= 0.6 is 0 Å². The van der Waals surface area contributed by atoms with Crippen molar-refractivity contribution in [3.8, 4) is 0 Å². The van der Waals surface area contributed by atoms with Crippen molar-refractivity contribution in [2.45, 2.75) is 25.0 Å². The van der Waals surface area contributed by atoms with Crippen molar-refractivity contribution in [1.82, 2.24) is 15.2 Å². The van der Waals surface area contributed by atoms with Crippen molar-refractivity contribution in [2.24, 2.45) is 11.8 Å². The molecule has 3 heterocycles. The van der Waals surface area contributed by atoms with Crippen molar-refractivity contribution in [1.29, 1.82) is 0 Å². The molecule has 0 amide bonds. The molecular formula is C20H25N5O3. The predicted octanol–water partition coefficient (Wildman–Crippen LogP) is 2.00. The van der Waals surface area contributed by atoms with Crippen LogP contribution in [0.5, 0.6) is 0 Å². The predicted molar refractivity (Wildman–Crippen MR) is 104 cm³/mol. The van der Waals surface area contributed by atoms with Crippen LogP contribution in [-0.2, 0) is 9.47 Å². The van der Waals surface area contributed by atoms with Crippen molar-refractivity contribution >= 4 is 17.6 Å². The van der Waals surface area contributed by atoms with Crippen molar-refractivity contribution in [3.05, 3.63) is 42.2 Å². The average Bonchev–Trinajstić information content (AvgIpc) is 3.16. The monoisotopic (exact) mass is 383 g/mol. The van der Waals surface area contributed by atoms with Gasteiger partial charge in [0.1, 0.15) is 5.82 Å². The molecule has 1 aliphatic heterocycles. The van der Waals surface area contributed by atoms with Crippen LogP contribution in [0.25, 0.3) is 0 Å². The molecule has 4 atom stereocenters. The van der Waals surface area contributed by atoms with Gasteiger partial charge in [0.2, 0.25) is 0 Å². The summed E-state index contributed by atoms with van der Waals surface area (Å²) in [4.78, 5) is 18.2. The van der Waals surface area contributed by atoms with E-state index in [9.17, 15) is 4.79 Å². The molecule has 2 fully saturated rings. The number of pyridine rings is 1. The molecule has 8 nitrogen and oxygen atoms in total. The summed E-state index contributed by atoms with van der Waals surface area (Å²) in [7, 11) is 3.12. The molecule has 0 aromatic carbocycles. The fourth-order valence-corrected chi connectivity index (χ4v) is 4.36. The molecule has 4 rings (SSSR count). The van der Waals surface area contributed by atoms with Gasteiger partial charge in [0, 0.05) is 26.4 Å². The zero-order valence-corrected chi connectivity index (χ0v) is 16.1. The summed E-state index contributed by atoms with van der Waals surface area (Å²) in [5.41, 5.74) is 0.224. The standard InChI is InChI=1S/C20H25N5O3/c1-27-17-10-14-12-25(19-7-6-15(23-24-19)20(26)28-2)11-13(14)9-16(17)22-18-5-3-4-8-21-18/h3-8,13-14,16-17H,9-12H2,1-2H3,(H,21,22)/t13-,14+,16-,17-/m1/s1. The summed E-state index contributed by atoms with van der Waals surface area (Å²) >= 11 is 0. The fraction of sp³-hybridized carbons (Fsp3) is 0.500. The normalized spacial score (nSPS) is 26.6. The van der Waals surface area contributed by atoms with E-state index < -0.39 is 5.97 Å². The smallest absolute Gasteiger partial charge is 0.358 e. The molecular weight excluding hydrogens is 358 g/mol. The average molecular weight is 383 g/mol. The van der Waals surface area contributed by atoms with Gasteiger partial charge in [-0.3, -0.25) is 0 Å². The van der Waals surface area contributed by atoms with E-state index in [1.165, 1.54) is 7.11 Å². The summed E-state index contributed by atoms with van der Waals surface area (Å²) in [5.74, 6) is 2.31. The summed E-state index contributed by atoms with van der Waals surface area (Å²) in [6, 6.07) is 9.62. The van der Waals surface area contributed by atoms with Crippen molar-refractivity contribution in [3.63, 3.8) is 0 Å². The van der Waals surface area contributed by atoms with Crippen molar-refractivity contribution in [2.75, 3.05) is 37.5 Å². The van der Waals surface area contributed by atoms with Gasteiger partial charge in [-0.25, -0.2) is 9.78 Å². The topological polar surface area (TPSA) is 89.5 Å². The highest BCUT2D eigenvalue weighted by Gasteiger charge is 2.43. The van der Waals surface area contributed by atoms with Gasteiger partial charge >= 0.3 is 5.97 Å². The molecule has 148 valence electrons. The van der Waals surface area contributed by atoms with E-state index in [4.69, 9.17) is 4.74 Å². The number of fused-ring (bicyclic) bond motifs is 1. The van der Waals surface area contributed by atoms with Gasteiger partial charge in [-0.2, -0.15) is 0 Å². The molecule has 0 unspecified atom stereocenters. The number of rotatable bonds is 5. The van der Waals surface area contributed by atoms with E-state index in [1.807, 2.05) is 24.3 Å². The van der Waals surface area contributed by atoms with Gasteiger partial charge in [0.15, 0.2) is 11.5 Å². The quantitative estimate of drug-likeness (QED) is 0.784. The van der Waals surface area contributed by atoms with E-state index in [2.05, 4.69) is 30.1 Å². The Hall–Kier alpha value is -2.74. The Bertz CT molecular complexity index is 801. The third-order valence-electron chi connectivity index (χ3n) is 5.79. The number of methoxy groups -OCH3 is 2. The van der Waals surface area contributed by atoms with E-state index in [0.717, 1.165) is 37.6 Å². The van der Waals surface area contributed by atoms with Gasteiger partial charge in [-0.1, -0.05) is 6.07 Å². The number of hydrogen-bond acceptors (Lipinski definition) is 8. The number of aromatic nitrogens is 3. The molecule has 0 bridgehead atoms. The van der Waals surface area contributed by atoms with Crippen LogP contribution in [0.1, 0.15) is 23.3 Å². The van der Waals surface area contributed by atoms with E-state index >= 15 is 0 Å². The number of esters is 1. The number of nitrogens with one attached hydrogen (secondary N) is 1. The minimum absolute atomic E-state index is 0.149. The minimum atomic E-state index is -0.472. The lowest BCUT2D eigenvalue weighted by Crippen LogP contribution is -2.44. The highest BCUT2D eigenvalue weighted by molar-refractivity contribution is 5.86. The zero-order chi connectivity index (χ0) is 19.5. The van der Waals surface area contributed by atoms with Crippen molar-refractivity contribution < 1.29 is 14.3 Å². The Kier molecular flexibility index (Phi) is 5.38. The highest BCUT2D eigenvalue weighted by Crippen LogP contribution is 2.39. The maximum Gasteiger partial charge on any atom is 0.358 e. The second kappa shape index (κ2) is 8.10. The molecule has 1 N–H and O–H groups in total. The molecule has 2 aromatic heterocycles. The molecule has 1 aliphatic carbocycles. The first-order valence-corrected chi connectivity index (χ1v) is 9.55. The van der Waals surface area contributed by atoms with Crippen LogP contribution in [0.3, 0.4) is 0 Å². The second-order valence-corrected chi connectivity index (χ2v) is 7.40. The number of carbonyl (C=O) groups is 1. The lowest BCUT2D eigenvalue weighted by molar-refractivity contribution is 0.0305. The molecule has 1 saturated heterocycles. The van der Waals surface area contributed by atoms with Crippen LogP contribution < -0.4 is 10.2 Å². The molecule has 1 saturated carbocycles. The summed E-state index contributed by atoms with van der Waals surface area (Å²) in [6.45, 7) is 1.85. The first kappa shape index (κ1) is 18.6. The third kappa shape index (κ3) is 3.77. The number of carbonyl (C=O) groups excluding carboxylic acids is 1. The number of ether oxygens (including phenoxy) is 2. The number of anilines is 2. The molecule has 0 spiro atoms. The van der Waals surface area contributed by atoms with Crippen LogP contribution in [0.15, 0.2) is 36.5 Å². The summed E-state index contributed by atoms with van der Waals surface area (Å²) < 4.78 is 10.5. The second-order valence-electron chi connectivity index (χ2n) is 7.40. The van der Waals surface area contributed by atoms with Crippen LogP contribution in [0.4, 0.5) is 11.6 Å². The Balaban J connectivity index is 1.44. The van der Waals surface area contributed by atoms with Gasteiger partial charge < -0.3 is 19.7 Å². The van der Waals surface area contributed by atoms with Gasteiger partial charge in [0.05, 0.1) is 19.3 Å². The van der Waals surface area contributed by atoms with E-state index in [1.54, 1.807) is 19.4 Å². The molecule has 0 radical (unpaired) electrons. The third-order valence-corrected chi connectivity index (χ3v) is 5.79. The van der Waals surface area contributed by atoms with Crippen LogP contribution in [0.2, 0.25) is 0 Å². The fourth-order valence-electron chi connectivity index (χ4n) is 4.36.